The van der Waals surface area contributed by atoms with E-state index < -0.39 is 5.60 Å². The van der Waals surface area contributed by atoms with Crippen molar-refractivity contribution in [3.8, 4) is 0 Å². The number of nitrogens with one attached hydrogen (secondary N) is 1. The van der Waals surface area contributed by atoms with Gasteiger partial charge in [0, 0.05) is 16.9 Å². The normalized spacial score (nSPS) is 11.3. The lowest BCUT2D eigenvalue weighted by Crippen LogP contribution is -2.17. The van der Waals surface area contributed by atoms with E-state index in [1.165, 1.54) is 0 Å². The average Bonchev–Trinajstić information content (AvgIpc) is 2.31. The molecule has 0 amide bonds. The molecule has 2 rings (SSSR count). The summed E-state index contributed by atoms with van der Waals surface area (Å²) in [7, 11) is 0. The summed E-state index contributed by atoms with van der Waals surface area (Å²) in [6, 6.07) is 16.0. The second kappa shape index (κ2) is 4.83. The van der Waals surface area contributed by atoms with Crippen molar-refractivity contribution >= 4 is 11.4 Å². The third-order valence-electron chi connectivity index (χ3n) is 2.89. The number of hydrogen-bond donors (Lipinski definition) is 2. The predicted octanol–water partition coefficient (Wildman–Crippen LogP) is 3.97. The highest BCUT2D eigenvalue weighted by atomic mass is 16.3. The maximum absolute atomic E-state index is 10.2. The fourth-order valence-electron chi connectivity index (χ4n) is 1.95. The number of aryl methyl sites for hydroxylation is 1. The summed E-state index contributed by atoms with van der Waals surface area (Å²) in [5, 5.41) is 13.6. The fourth-order valence-corrected chi connectivity index (χ4v) is 1.95. The van der Waals surface area contributed by atoms with Crippen LogP contribution in [0.15, 0.2) is 48.5 Å². The average molecular weight is 241 g/mol. The van der Waals surface area contributed by atoms with E-state index in [0.29, 0.717) is 0 Å². The first kappa shape index (κ1) is 12.7. The molecule has 0 radical (unpaired) electrons. The van der Waals surface area contributed by atoms with Gasteiger partial charge >= 0.3 is 0 Å². The van der Waals surface area contributed by atoms with Crippen molar-refractivity contribution in [2.75, 3.05) is 5.32 Å². The predicted molar refractivity (Wildman–Crippen MR) is 76.1 cm³/mol. The molecule has 0 heterocycles. The lowest BCUT2D eigenvalue weighted by atomic mass is 9.94. The molecule has 94 valence electrons. The third-order valence-corrected chi connectivity index (χ3v) is 2.89. The van der Waals surface area contributed by atoms with E-state index >= 15 is 0 Å². The molecule has 0 unspecified atom stereocenters. The van der Waals surface area contributed by atoms with Crippen molar-refractivity contribution in [1.82, 2.24) is 0 Å². The molecule has 0 aliphatic rings. The second-order valence-electron chi connectivity index (χ2n) is 5.10. The fraction of sp³-hybridized carbons (Fsp3) is 0.250. The van der Waals surface area contributed by atoms with Gasteiger partial charge in [-0.2, -0.15) is 0 Å². The molecule has 2 heteroatoms. The van der Waals surface area contributed by atoms with Gasteiger partial charge in [-0.25, -0.2) is 0 Å². The highest BCUT2D eigenvalue weighted by molar-refractivity contribution is 5.64. The first-order valence-corrected chi connectivity index (χ1v) is 6.12. The van der Waals surface area contributed by atoms with E-state index in [4.69, 9.17) is 0 Å². The summed E-state index contributed by atoms with van der Waals surface area (Å²) in [5.41, 5.74) is 3.16. The molecule has 0 atom stereocenters. The van der Waals surface area contributed by atoms with Gasteiger partial charge in [-0.1, -0.05) is 35.9 Å². The van der Waals surface area contributed by atoms with E-state index in [1.807, 2.05) is 55.5 Å². The molecule has 0 aliphatic carbocycles. The van der Waals surface area contributed by atoms with Crippen LogP contribution in [0.4, 0.5) is 11.4 Å². The van der Waals surface area contributed by atoms with Crippen LogP contribution in [0.5, 0.6) is 0 Å². The van der Waals surface area contributed by atoms with E-state index in [-0.39, 0.29) is 0 Å². The molecule has 0 aromatic heterocycles. The van der Waals surface area contributed by atoms with Crippen molar-refractivity contribution in [3.63, 3.8) is 0 Å². The van der Waals surface area contributed by atoms with Crippen molar-refractivity contribution in [3.05, 3.63) is 59.7 Å². The van der Waals surface area contributed by atoms with Crippen LogP contribution in [0.25, 0.3) is 0 Å². The van der Waals surface area contributed by atoms with Crippen molar-refractivity contribution in [2.45, 2.75) is 26.4 Å². The Balaban J connectivity index is 2.39. The molecule has 0 spiro atoms. The first-order valence-electron chi connectivity index (χ1n) is 6.12. The Hall–Kier alpha value is -1.80. The maximum atomic E-state index is 10.2. The number of rotatable bonds is 3. The first-order chi connectivity index (χ1) is 8.47. The van der Waals surface area contributed by atoms with Crippen molar-refractivity contribution in [2.24, 2.45) is 0 Å². The van der Waals surface area contributed by atoms with Crippen LogP contribution in [0.1, 0.15) is 25.0 Å². The van der Waals surface area contributed by atoms with Gasteiger partial charge in [-0.15, -0.1) is 0 Å². The Morgan fingerprint density at radius 1 is 1.00 bits per heavy atom. The number of aliphatic hydroxyl groups is 1. The molecule has 2 N–H and O–H groups in total. The molecule has 0 aliphatic heterocycles. The Labute approximate surface area is 108 Å². The standard InChI is InChI=1S/C16H19NO/c1-12-9-10-15(14(11-12)16(2,3)18)17-13-7-5-4-6-8-13/h4-11,17-18H,1-3H3. The zero-order chi connectivity index (χ0) is 13.2. The molecule has 2 nitrogen and oxygen atoms in total. The number of hydrogen-bond acceptors (Lipinski definition) is 2. The zero-order valence-corrected chi connectivity index (χ0v) is 11.1. The quantitative estimate of drug-likeness (QED) is 0.852. The van der Waals surface area contributed by atoms with Gasteiger partial charge in [0.1, 0.15) is 0 Å². The third kappa shape index (κ3) is 2.90. The molecular weight excluding hydrogens is 222 g/mol. The Kier molecular flexibility index (Phi) is 3.39. The molecule has 2 aromatic carbocycles. The van der Waals surface area contributed by atoms with Crippen molar-refractivity contribution < 1.29 is 5.11 Å². The largest absolute Gasteiger partial charge is 0.386 e. The minimum atomic E-state index is -0.858. The topological polar surface area (TPSA) is 32.3 Å². The minimum Gasteiger partial charge on any atom is -0.386 e. The van der Waals surface area contributed by atoms with Crippen molar-refractivity contribution in [1.29, 1.82) is 0 Å². The Bertz CT molecular complexity index is 527. The molecule has 18 heavy (non-hydrogen) atoms. The second-order valence-corrected chi connectivity index (χ2v) is 5.10. The summed E-state index contributed by atoms with van der Waals surface area (Å²) in [4.78, 5) is 0. The lowest BCUT2D eigenvalue weighted by molar-refractivity contribution is 0.0793. The summed E-state index contributed by atoms with van der Waals surface area (Å²) < 4.78 is 0. The van der Waals surface area contributed by atoms with Crippen LogP contribution in [-0.2, 0) is 5.60 Å². The molecule has 0 fully saturated rings. The lowest BCUT2D eigenvalue weighted by Gasteiger charge is -2.23. The van der Waals surface area contributed by atoms with Gasteiger partial charge in [0.15, 0.2) is 0 Å². The Morgan fingerprint density at radius 3 is 2.28 bits per heavy atom. The van der Waals surface area contributed by atoms with Crippen LogP contribution >= 0.6 is 0 Å². The summed E-state index contributed by atoms with van der Waals surface area (Å²) >= 11 is 0. The molecular formula is C16H19NO. The number of para-hydroxylation sites is 1. The van der Waals surface area contributed by atoms with Crippen LogP contribution in [0, 0.1) is 6.92 Å². The van der Waals surface area contributed by atoms with E-state index in [9.17, 15) is 5.11 Å². The van der Waals surface area contributed by atoms with Gasteiger partial charge < -0.3 is 10.4 Å². The highest BCUT2D eigenvalue weighted by Gasteiger charge is 2.20. The number of anilines is 2. The zero-order valence-electron chi connectivity index (χ0n) is 11.1. The number of benzene rings is 2. The van der Waals surface area contributed by atoms with Gasteiger partial charge in [0.05, 0.1) is 5.60 Å². The van der Waals surface area contributed by atoms with Gasteiger partial charge in [0.25, 0.3) is 0 Å². The van der Waals surface area contributed by atoms with Crippen LogP contribution < -0.4 is 5.32 Å². The van der Waals surface area contributed by atoms with Crippen LogP contribution in [0.3, 0.4) is 0 Å². The molecule has 0 saturated carbocycles. The smallest absolute Gasteiger partial charge is 0.0860 e. The van der Waals surface area contributed by atoms with Crippen LogP contribution in [-0.4, -0.2) is 5.11 Å². The van der Waals surface area contributed by atoms with Crippen LogP contribution in [0.2, 0.25) is 0 Å². The van der Waals surface area contributed by atoms with E-state index in [1.54, 1.807) is 13.8 Å². The SMILES string of the molecule is Cc1ccc(Nc2ccccc2)c(C(C)(C)O)c1. The molecule has 0 saturated heterocycles. The maximum Gasteiger partial charge on any atom is 0.0860 e. The summed E-state index contributed by atoms with van der Waals surface area (Å²) in [5.74, 6) is 0. The van der Waals surface area contributed by atoms with Gasteiger partial charge in [-0.3, -0.25) is 0 Å². The summed E-state index contributed by atoms with van der Waals surface area (Å²) in [6.45, 7) is 5.64. The van der Waals surface area contributed by atoms with E-state index in [0.717, 1.165) is 22.5 Å². The molecule has 2 aromatic rings. The minimum absolute atomic E-state index is 0.858. The Morgan fingerprint density at radius 2 is 1.67 bits per heavy atom. The molecule has 0 bridgehead atoms. The van der Waals surface area contributed by atoms with Gasteiger partial charge in [-0.05, 0) is 39.0 Å². The monoisotopic (exact) mass is 241 g/mol. The van der Waals surface area contributed by atoms with E-state index in [2.05, 4.69) is 5.32 Å². The van der Waals surface area contributed by atoms with Gasteiger partial charge in [0.2, 0.25) is 0 Å². The highest BCUT2D eigenvalue weighted by Crippen LogP contribution is 2.30. The summed E-state index contributed by atoms with van der Waals surface area (Å²) in [6.07, 6.45) is 0.